The number of anilines is 1. The lowest BCUT2D eigenvalue weighted by Crippen LogP contribution is -2.34. The van der Waals surface area contributed by atoms with E-state index in [9.17, 15) is 4.79 Å². The molecule has 2 aromatic rings. The molecule has 1 saturated heterocycles. The van der Waals surface area contributed by atoms with E-state index in [4.69, 9.17) is 10.5 Å². The van der Waals surface area contributed by atoms with E-state index in [-0.39, 0.29) is 23.6 Å². The summed E-state index contributed by atoms with van der Waals surface area (Å²) in [6.45, 7) is 10.3. The topological polar surface area (TPSA) is 102 Å². The van der Waals surface area contributed by atoms with Crippen molar-refractivity contribution in [3.8, 4) is 6.01 Å². The van der Waals surface area contributed by atoms with Gasteiger partial charge in [-0.3, -0.25) is 4.57 Å². The Labute approximate surface area is 160 Å². The van der Waals surface area contributed by atoms with Crippen LogP contribution < -0.4 is 16.2 Å². The van der Waals surface area contributed by atoms with E-state index in [1.165, 1.54) is 12.8 Å². The van der Waals surface area contributed by atoms with E-state index in [0.717, 1.165) is 38.9 Å². The first-order chi connectivity index (χ1) is 13.0. The van der Waals surface area contributed by atoms with Crippen molar-refractivity contribution in [2.24, 2.45) is 5.92 Å². The number of nitrogens with one attached hydrogen (secondary N) is 1. The molecular weight excluding hydrogens is 344 g/mol. The minimum atomic E-state index is -0.184. The number of hydrogen-bond acceptors (Lipinski definition) is 6. The Kier molecular flexibility index (Phi) is 6.36. The molecule has 27 heavy (non-hydrogen) atoms. The lowest BCUT2D eigenvalue weighted by molar-refractivity contribution is 0.183. The third kappa shape index (κ3) is 4.61. The van der Waals surface area contributed by atoms with Gasteiger partial charge in [0.2, 0.25) is 0 Å². The summed E-state index contributed by atoms with van der Waals surface area (Å²) in [5.41, 5.74) is 6.89. The molecular formula is C19H32N6O2. The fourth-order valence-electron chi connectivity index (χ4n) is 3.84. The summed E-state index contributed by atoms with van der Waals surface area (Å²) in [7, 11) is 0. The van der Waals surface area contributed by atoms with Crippen LogP contribution in [-0.4, -0.2) is 50.2 Å². The summed E-state index contributed by atoms with van der Waals surface area (Å²) < 4.78 is 7.47. The normalized spacial score (nSPS) is 17.4. The number of likely N-dealkylation sites (tertiary alicyclic amines) is 1. The Balaban J connectivity index is 1.75. The Morgan fingerprint density at radius 1 is 1.30 bits per heavy atom. The third-order valence-electron chi connectivity index (χ3n) is 5.55. The molecule has 1 fully saturated rings. The number of nitrogens with zero attached hydrogens (tertiary/aromatic N) is 4. The van der Waals surface area contributed by atoms with Crippen LogP contribution in [0, 0.1) is 5.92 Å². The summed E-state index contributed by atoms with van der Waals surface area (Å²) in [5.74, 6) is 0.898. The molecule has 3 rings (SSSR count). The van der Waals surface area contributed by atoms with Crippen molar-refractivity contribution in [3.63, 3.8) is 0 Å². The lowest BCUT2D eigenvalue weighted by atomic mass is 9.93. The number of rotatable bonds is 8. The minimum absolute atomic E-state index is 0.00899. The number of piperidine rings is 1. The molecule has 0 unspecified atom stereocenters. The maximum atomic E-state index is 12.4. The number of aromatic nitrogens is 4. The van der Waals surface area contributed by atoms with Gasteiger partial charge in [-0.15, -0.1) is 0 Å². The Hall–Kier alpha value is -2.09. The van der Waals surface area contributed by atoms with Crippen LogP contribution in [0.25, 0.3) is 11.2 Å². The highest BCUT2D eigenvalue weighted by Gasteiger charge is 2.20. The van der Waals surface area contributed by atoms with E-state index in [2.05, 4.69) is 33.7 Å². The first-order valence-corrected chi connectivity index (χ1v) is 10.2. The average molecular weight is 377 g/mol. The van der Waals surface area contributed by atoms with E-state index in [1.54, 1.807) is 4.57 Å². The molecule has 8 heteroatoms. The molecule has 1 aliphatic rings. The van der Waals surface area contributed by atoms with Crippen molar-refractivity contribution in [1.82, 2.24) is 24.4 Å². The lowest BCUT2D eigenvalue weighted by Gasteiger charge is -2.30. The van der Waals surface area contributed by atoms with Crippen molar-refractivity contribution in [2.75, 3.05) is 25.4 Å². The van der Waals surface area contributed by atoms with E-state index in [0.29, 0.717) is 23.6 Å². The summed E-state index contributed by atoms with van der Waals surface area (Å²) in [5, 5.41) is 0. The van der Waals surface area contributed by atoms with Gasteiger partial charge < -0.3 is 20.4 Å². The number of hydrogen-bond donors (Lipinski definition) is 2. The van der Waals surface area contributed by atoms with E-state index >= 15 is 0 Å². The Morgan fingerprint density at radius 2 is 2.04 bits per heavy atom. The largest absolute Gasteiger partial charge is 0.460 e. The third-order valence-corrected chi connectivity index (χ3v) is 5.55. The predicted molar refractivity (Wildman–Crippen MR) is 107 cm³/mol. The zero-order valence-electron chi connectivity index (χ0n) is 16.7. The SMILES string of the molecule is CCC[C@H](C)Oc1nc(N)c2[nH]c(=O)n(CCC3CCN(CC)CC3)c2n1. The van der Waals surface area contributed by atoms with Crippen LogP contribution in [0.15, 0.2) is 4.79 Å². The van der Waals surface area contributed by atoms with Crippen LogP contribution in [0.2, 0.25) is 0 Å². The molecule has 0 spiro atoms. The Bertz CT molecular complexity index is 806. The number of H-pyrrole nitrogens is 1. The first kappa shape index (κ1) is 19.7. The van der Waals surface area contributed by atoms with Crippen molar-refractivity contribution in [2.45, 2.75) is 65.5 Å². The highest BCUT2D eigenvalue weighted by Crippen LogP contribution is 2.23. The number of aromatic amines is 1. The molecule has 3 heterocycles. The minimum Gasteiger partial charge on any atom is -0.460 e. The summed E-state index contributed by atoms with van der Waals surface area (Å²) in [6, 6.07) is 0.241. The second-order valence-electron chi connectivity index (χ2n) is 7.56. The number of imidazole rings is 1. The molecule has 0 aliphatic carbocycles. The molecule has 0 aromatic carbocycles. The number of fused-ring (bicyclic) bond motifs is 1. The quantitative estimate of drug-likeness (QED) is 0.733. The Morgan fingerprint density at radius 3 is 2.70 bits per heavy atom. The van der Waals surface area contributed by atoms with Crippen LogP contribution >= 0.6 is 0 Å². The van der Waals surface area contributed by atoms with Crippen molar-refractivity contribution >= 4 is 17.0 Å². The molecule has 0 amide bonds. The molecule has 3 N–H and O–H groups in total. The standard InChI is InChI=1S/C19H32N6O2/c1-4-6-13(3)27-18-22-16(20)15-17(23-18)25(19(26)21-15)12-9-14-7-10-24(5-2)11-8-14/h13-14H,4-12H2,1-3H3,(H,21,26)(H2,20,22,23)/t13-/m0/s1. The van der Waals surface area contributed by atoms with Crippen molar-refractivity contribution in [3.05, 3.63) is 10.5 Å². The maximum Gasteiger partial charge on any atom is 0.327 e. The van der Waals surface area contributed by atoms with E-state index in [1.807, 2.05) is 6.92 Å². The molecule has 0 bridgehead atoms. The zero-order chi connectivity index (χ0) is 19.4. The van der Waals surface area contributed by atoms with Gasteiger partial charge in [0.05, 0.1) is 6.10 Å². The fraction of sp³-hybridized carbons (Fsp3) is 0.737. The molecule has 0 radical (unpaired) electrons. The fourth-order valence-corrected chi connectivity index (χ4v) is 3.84. The number of nitrogens with two attached hydrogens (primary N) is 1. The molecule has 150 valence electrons. The summed E-state index contributed by atoms with van der Waals surface area (Å²) in [4.78, 5) is 26.4. The van der Waals surface area contributed by atoms with Gasteiger partial charge in [-0.25, -0.2) is 4.79 Å². The summed E-state index contributed by atoms with van der Waals surface area (Å²) in [6.07, 6.45) is 5.28. The van der Waals surface area contributed by atoms with Crippen LogP contribution in [0.5, 0.6) is 6.01 Å². The first-order valence-electron chi connectivity index (χ1n) is 10.2. The monoisotopic (exact) mass is 376 g/mol. The van der Waals surface area contributed by atoms with Crippen molar-refractivity contribution in [1.29, 1.82) is 0 Å². The number of nitrogen functional groups attached to an aromatic ring is 1. The van der Waals surface area contributed by atoms with Gasteiger partial charge in [-0.05, 0) is 58.2 Å². The average Bonchev–Trinajstić information content (AvgIpc) is 2.96. The highest BCUT2D eigenvalue weighted by molar-refractivity contribution is 5.81. The predicted octanol–water partition coefficient (Wildman–Crippen LogP) is 2.39. The van der Waals surface area contributed by atoms with Gasteiger partial charge in [0.25, 0.3) is 0 Å². The van der Waals surface area contributed by atoms with E-state index < -0.39 is 0 Å². The smallest absolute Gasteiger partial charge is 0.327 e. The summed E-state index contributed by atoms with van der Waals surface area (Å²) >= 11 is 0. The van der Waals surface area contributed by atoms with Crippen LogP contribution in [0.1, 0.15) is 52.9 Å². The molecule has 8 nitrogen and oxygen atoms in total. The second kappa shape index (κ2) is 8.73. The van der Waals surface area contributed by atoms with Crippen LogP contribution in [-0.2, 0) is 6.54 Å². The van der Waals surface area contributed by atoms with Gasteiger partial charge in [-0.1, -0.05) is 20.3 Å². The van der Waals surface area contributed by atoms with Gasteiger partial charge in [-0.2, -0.15) is 9.97 Å². The molecule has 1 aliphatic heterocycles. The van der Waals surface area contributed by atoms with Crippen molar-refractivity contribution < 1.29 is 4.74 Å². The van der Waals surface area contributed by atoms with Gasteiger partial charge in [0.15, 0.2) is 11.5 Å². The second-order valence-corrected chi connectivity index (χ2v) is 7.56. The zero-order valence-corrected chi connectivity index (χ0v) is 16.7. The van der Waals surface area contributed by atoms with Gasteiger partial charge in [0, 0.05) is 6.54 Å². The molecule has 2 aromatic heterocycles. The van der Waals surface area contributed by atoms with Crippen LogP contribution in [0.3, 0.4) is 0 Å². The number of ether oxygens (including phenoxy) is 1. The van der Waals surface area contributed by atoms with Gasteiger partial charge in [0.1, 0.15) is 5.52 Å². The number of aryl methyl sites for hydroxylation is 1. The van der Waals surface area contributed by atoms with Gasteiger partial charge >= 0.3 is 11.7 Å². The highest BCUT2D eigenvalue weighted by atomic mass is 16.5. The van der Waals surface area contributed by atoms with Crippen LogP contribution in [0.4, 0.5) is 5.82 Å². The molecule has 1 atom stereocenters. The molecule has 0 saturated carbocycles. The maximum absolute atomic E-state index is 12.4.